The molecule has 0 spiro atoms. The number of hydrogen-bond acceptors (Lipinski definition) is 5. The van der Waals surface area contributed by atoms with Crippen molar-refractivity contribution in [2.75, 3.05) is 0 Å². The van der Waals surface area contributed by atoms with Crippen LogP contribution in [0.4, 0.5) is 0 Å². The van der Waals surface area contributed by atoms with Crippen molar-refractivity contribution in [2.45, 2.75) is 19.9 Å². The highest BCUT2D eigenvalue weighted by atomic mass is 16.4. The Labute approximate surface area is 114 Å². The van der Waals surface area contributed by atoms with Crippen LogP contribution in [-0.2, 0) is 0 Å². The molecule has 0 aliphatic rings. The van der Waals surface area contributed by atoms with E-state index >= 15 is 0 Å². The molecule has 0 saturated carbocycles. The van der Waals surface area contributed by atoms with E-state index in [1.807, 2.05) is 24.3 Å². The van der Waals surface area contributed by atoms with Gasteiger partial charge in [-0.1, -0.05) is 18.2 Å². The van der Waals surface area contributed by atoms with E-state index in [4.69, 9.17) is 8.83 Å². The molecule has 20 heavy (non-hydrogen) atoms. The van der Waals surface area contributed by atoms with Gasteiger partial charge >= 0.3 is 0 Å². The van der Waals surface area contributed by atoms with Crippen LogP contribution >= 0.6 is 0 Å². The lowest BCUT2D eigenvalue weighted by Gasteiger charge is -2.07. The number of nitrogens with zero attached hydrogens (tertiary/aromatic N) is 2. The first kappa shape index (κ1) is 12.4. The highest BCUT2D eigenvalue weighted by Crippen LogP contribution is 2.19. The number of amides is 1. The second kappa shape index (κ2) is 4.80. The Bertz CT molecular complexity index is 727. The van der Waals surface area contributed by atoms with E-state index in [1.165, 1.54) is 0 Å². The summed E-state index contributed by atoms with van der Waals surface area (Å²) < 4.78 is 10.8. The fourth-order valence-corrected chi connectivity index (χ4v) is 1.91. The molecular formula is C14H13N3O3. The monoisotopic (exact) mass is 271 g/mol. The van der Waals surface area contributed by atoms with E-state index in [9.17, 15) is 4.79 Å². The van der Waals surface area contributed by atoms with Crippen LogP contribution < -0.4 is 5.32 Å². The van der Waals surface area contributed by atoms with Crippen molar-refractivity contribution in [1.29, 1.82) is 0 Å². The van der Waals surface area contributed by atoms with Crippen LogP contribution in [0, 0.1) is 6.92 Å². The van der Waals surface area contributed by atoms with Crippen LogP contribution in [0.25, 0.3) is 11.0 Å². The highest BCUT2D eigenvalue weighted by Gasteiger charge is 2.18. The summed E-state index contributed by atoms with van der Waals surface area (Å²) in [6, 6.07) is 8.78. The molecule has 1 N–H and O–H groups in total. The lowest BCUT2D eigenvalue weighted by Crippen LogP contribution is -2.26. The number of rotatable bonds is 3. The van der Waals surface area contributed by atoms with Gasteiger partial charge in [-0.15, -0.1) is 10.2 Å². The third kappa shape index (κ3) is 2.27. The lowest BCUT2D eigenvalue weighted by atomic mass is 10.2. The summed E-state index contributed by atoms with van der Waals surface area (Å²) >= 11 is 0. The molecule has 3 rings (SSSR count). The predicted molar refractivity (Wildman–Crippen MR) is 71.1 cm³/mol. The Morgan fingerprint density at radius 1 is 1.25 bits per heavy atom. The third-order valence-corrected chi connectivity index (χ3v) is 2.91. The number of carbonyl (C=O) groups excluding carboxylic acids is 1. The first-order valence-corrected chi connectivity index (χ1v) is 6.23. The maximum absolute atomic E-state index is 12.1. The van der Waals surface area contributed by atoms with Crippen molar-refractivity contribution in [1.82, 2.24) is 15.5 Å². The summed E-state index contributed by atoms with van der Waals surface area (Å²) in [5.74, 6) is 0.774. The molecular weight excluding hydrogens is 258 g/mol. The van der Waals surface area contributed by atoms with Gasteiger partial charge in [0.1, 0.15) is 11.6 Å². The summed E-state index contributed by atoms with van der Waals surface area (Å²) in [5.41, 5.74) is 0.680. The van der Waals surface area contributed by atoms with Crippen molar-refractivity contribution >= 4 is 16.9 Å². The standard InChI is InChI=1S/C14H13N3O3/c1-8(14-17-16-9(2)19-14)15-13(18)12-7-10-5-3-4-6-11(10)20-12/h3-8H,1-2H3,(H,15,18)/t8-/m1/s1. The molecule has 0 radical (unpaired) electrons. The first-order chi connectivity index (χ1) is 9.63. The van der Waals surface area contributed by atoms with Gasteiger partial charge in [-0.25, -0.2) is 0 Å². The number of hydrogen-bond donors (Lipinski definition) is 1. The largest absolute Gasteiger partial charge is 0.451 e. The van der Waals surface area contributed by atoms with Crippen LogP contribution in [0.3, 0.4) is 0 Å². The van der Waals surface area contributed by atoms with Gasteiger partial charge in [-0.05, 0) is 19.1 Å². The van der Waals surface area contributed by atoms with Crippen LogP contribution in [0.1, 0.15) is 35.3 Å². The Morgan fingerprint density at radius 3 is 2.75 bits per heavy atom. The van der Waals surface area contributed by atoms with Gasteiger partial charge in [0.15, 0.2) is 5.76 Å². The normalized spacial score (nSPS) is 12.5. The third-order valence-electron chi connectivity index (χ3n) is 2.91. The molecule has 0 unspecified atom stereocenters. The van der Waals surface area contributed by atoms with E-state index in [2.05, 4.69) is 15.5 Å². The number of aryl methyl sites for hydroxylation is 1. The summed E-state index contributed by atoms with van der Waals surface area (Å²) in [4.78, 5) is 12.1. The fraction of sp³-hybridized carbons (Fsp3) is 0.214. The van der Waals surface area contributed by atoms with Crippen molar-refractivity contribution in [3.63, 3.8) is 0 Å². The molecule has 1 aromatic carbocycles. The van der Waals surface area contributed by atoms with Gasteiger partial charge in [-0.3, -0.25) is 4.79 Å². The predicted octanol–water partition coefficient (Wildman–Crippen LogP) is 2.62. The summed E-state index contributed by atoms with van der Waals surface area (Å²) in [6.07, 6.45) is 0. The number of carbonyl (C=O) groups is 1. The molecule has 1 amide bonds. The minimum atomic E-state index is -0.378. The van der Waals surface area contributed by atoms with Gasteiger partial charge in [0, 0.05) is 12.3 Å². The maximum atomic E-state index is 12.1. The summed E-state index contributed by atoms with van der Waals surface area (Å²) in [7, 11) is 0. The van der Waals surface area contributed by atoms with E-state index in [0.717, 1.165) is 5.39 Å². The molecule has 0 saturated heterocycles. The van der Waals surface area contributed by atoms with Crippen LogP contribution in [-0.4, -0.2) is 16.1 Å². The molecule has 1 atom stereocenters. The van der Waals surface area contributed by atoms with Crippen LogP contribution in [0.5, 0.6) is 0 Å². The number of para-hydroxylation sites is 1. The number of aromatic nitrogens is 2. The number of benzene rings is 1. The van der Waals surface area contributed by atoms with Crippen LogP contribution in [0.15, 0.2) is 39.2 Å². The quantitative estimate of drug-likeness (QED) is 0.791. The summed E-state index contributed by atoms with van der Waals surface area (Å²) in [6.45, 7) is 3.47. The highest BCUT2D eigenvalue weighted by molar-refractivity contribution is 5.96. The molecule has 3 aromatic rings. The Morgan fingerprint density at radius 2 is 2.05 bits per heavy atom. The van der Waals surface area contributed by atoms with E-state index in [1.54, 1.807) is 19.9 Å². The Kier molecular flexibility index (Phi) is 2.98. The maximum Gasteiger partial charge on any atom is 0.287 e. The molecule has 0 aliphatic carbocycles. The molecule has 6 nitrogen and oxygen atoms in total. The molecule has 6 heteroatoms. The van der Waals surface area contributed by atoms with Gasteiger partial charge in [0.2, 0.25) is 11.8 Å². The van der Waals surface area contributed by atoms with Crippen molar-refractivity contribution < 1.29 is 13.6 Å². The lowest BCUT2D eigenvalue weighted by molar-refractivity contribution is 0.0908. The Hall–Kier alpha value is -2.63. The number of furan rings is 1. The van der Waals surface area contributed by atoms with Crippen molar-refractivity contribution in [3.8, 4) is 0 Å². The average Bonchev–Trinajstić information content (AvgIpc) is 3.04. The Balaban J connectivity index is 1.78. The molecule has 2 aromatic heterocycles. The summed E-state index contributed by atoms with van der Waals surface area (Å²) in [5, 5.41) is 11.2. The number of fused-ring (bicyclic) bond motifs is 1. The smallest absolute Gasteiger partial charge is 0.287 e. The molecule has 2 heterocycles. The second-order valence-electron chi connectivity index (χ2n) is 4.50. The second-order valence-corrected chi connectivity index (χ2v) is 4.50. The zero-order chi connectivity index (χ0) is 14.1. The van der Waals surface area contributed by atoms with Gasteiger partial charge < -0.3 is 14.2 Å². The van der Waals surface area contributed by atoms with E-state index in [0.29, 0.717) is 17.4 Å². The van der Waals surface area contributed by atoms with Gasteiger partial charge in [0.25, 0.3) is 5.91 Å². The van der Waals surface area contributed by atoms with E-state index < -0.39 is 0 Å². The minimum absolute atomic E-state index is 0.259. The van der Waals surface area contributed by atoms with Gasteiger partial charge in [0.05, 0.1) is 0 Å². The molecule has 102 valence electrons. The van der Waals surface area contributed by atoms with Crippen molar-refractivity contribution in [3.05, 3.63) is 47.9 Å². The van der Waals surface area contributed by atoms with E-state index in [-0.39, 0.29) is 17.7 Å². The molecule has 0 aliphatic heterocycles. The topological polar surface area (TPSA) is 81.2 Å². The zero-order valence-corrected chi connectivity index (χ0v) is 11.1. The fourth-order valence-electron chi connectivity index (χ4n) is 1.91. The SMILES string of the molecule is Cc1nnc([C@@H](C)NC(=O)c2cc3ccccc3o2)o1. The molecule has 0 fully saturated rings. The number of nitrogens with one attached hydrogen (secondary N) is 1. The van der Waals surface area contributed by atoms with Crippen molar-refractivity contribution in [2.24, 2.45) is 0 Å². The van der Waals surface area contributed by atoms with Crippen LogP contribution in [0.2, 0.25) is 0 Å². The van der Waals surface area contributed by atoms with Gasteiger partial charge in [-0.2, -0.15) is 0 Å². The first-order valence-electron chi connectivity index (χ1n) is 6.23. The zero-order valence-electron chi connectivity index (χ0n) is 11.1. The molecule has 0 bridgehead atoms. The average molecular weight is 271 g/mol. The minimum Gasteiger partial charge on any atom is -0.451 e.